The molecule has 0 fully saturated rings. The van der Waals surface area contributed by atoms with Crippen molar-refractivity contribution in [3.8, 4) is 0 Å². The van der Waals surface area contributed by atoms with Crippen LogP contribution in [0.2, 0.25) is 10.0 Å². The molecule has 0 aliphatic carbocycles. The zero-order valence-corrected chi connectivity index (χ0v) is 20.1. The van der Waals surface area contributed by atoms with E-state index in [0.29, 0.717) is 11.1 Å². The topological polar surface area (TPSA) is 53.9 Å². The maximum atomic E-state index is 14.2. The van der Waals surface area contributed by atoms with Crippen molar-refractivity contribution in [2.24, 2.45) is 5.16 Å². The van der Waals surface area contributed by atoms with Gasteiger partial charge in [-0.05, 0) is 35.4 Å². The highest BCUT2D eigenvalue weighted by Gasteiger charge is 2.63. The number of nitrogens with zero attached hydrogens (tertiary/aromatic N) is 2. The summed E-state index contributed by atoms with van der Waals surface area (Å²) in [5.41, 5.74) is -2.88. The highest BCUT2D eigenvalue weighted by atomic mass is 35.5. The molecule has 206 valence electrons. The minimum absolute atomic E-state index is 0.0322. The molecule has 0 bridgehead atoms. The van der Waals surface area contributed by atoms with Gasteiger partial charge in [-0.3, -0.25) is 4.79 Å². The summed E-state index contributed by atoms with van der Waals surface area (Å²) in [6.45, 7) is -2.01. The Kier molecular flexibility index (Phi) is 6.96. The number of fused-ring (bicyclic) bond motifs is 1. The largest absolute Gasteiger partial charge is 0.455 e. The number of amidine groups is 1. The minimum Gasteiger partial charge on any atom is -0.372 e. The van der Waals surface area contributed by atoms with Crippen LogP contribution in [0.25, 0.3) is 0 Å². The molecule has 2 heterocycles. The number of halogens is 11. The third kappa shape index (κ3) is 4.95. The first kappa shape index (κ1) is 28.1. The van der Waals surface area contributed by atoms with Crippen molar-refractivity contribution in [2.75, 3.05) is 6.54 Å². The number of hydrogen-bond acceptors (Lipinski definition) is 4. The second kappa shape index (κ2) is 9.40. The summed E-state index contributed by atoms with van der Waals surface area (Å²) in [4.78, 5) is 18.4. The van der Waals surface area contributed by atoms with E-state index in [0.717, 1.165) is 12.1 Å². The fraction of sp³-hybridized carbons (Fsp3) is 0.364. The maximum absolute atomic E-state index is 14.2. The lowest BCUT2D eigenvalue weighted by Gasteiger charge is -2.30. The van der Waals surface area contributed by atoms with Crippen molar-refractivity contribution in [1.82, 2.24) is 10.2 Å². The molecule has 2 aliphatic heterocycles. The van der Waals surface area contributed by atoms with Gasteiger partial charge in [0.05, 0.1) is 23.0 Å². The van der Waals surface area contributed by atoms with Crippen molar-refractivity contribution in [1.29, 1.82) is 0 Å². The van der Waals surface area contributed by atoms with Gasteiger partial charge in [0, 0.05) is 24.2 Å². The van der Waals surface area contributed by atoms with Gasteiger partial charge < -0.3 is 15.1 Å². The Labute approximate surface area is 218 Å². The molecule has 1 unspecified atom stereocenters. The van der Waals surface area contributed by atoms with Crippen LogP contribution in [0, 0.1) is 5.82 Å². The Balaban J connectivity index is 1.50. The quantitative estimate of drug-likeness (QED) is 0.322. The Morgan fingerprint density at radius 1 is 1.00 bits per heavy atom. The van der Waals surface area contributed by atoms with Crippen molar-refractivity contribution in [3.63, 3.8) is 0 Å². The molecule has 1 N–H and O–H groups in total. The van der Waals surface area contributed by atoms with Crippen molar-refractivity contribution in [2.45, 2.75) is 43.4 Å². The molecular formula is C22H14Cl2F9N3O2. The Bertz CT molecular complexity index is 1290. The van der Waals surface area contributed by atoms with E-state index < -0.39 is 64.2 Å². The molecule has 0 spiro atoms. The zero-order valence-electron chi connectivity index (χ0n) is 18.6. The standard InChI is InChI=1S/C22H14Cl2F9N3O2/c23-14-4-13(5-15(24)17(14)25)19(21(28,29)30)6-16(35-38-19)36-7-11-2-1-10(3-12(11)8-36)18(37)34-9-20(26,27)22(31,32)33/h1-5H,6-9H2,(H,34,37). The van der Waals surface area contributed by atoms with E-state index in [9.17, 15) is 44.3 Å². The molecule has 0 saturated heterocycles. The number of hydrogen-bond donors (Lipinski definition) is 1. The van der Waals surface area contributed by atoms with Gasteiger partial charge in [0.1, 0.15) is 5.84 Å². The summed E-state index contributed by atoms with van der Waals surface area (Å²) in [7, 11) is 0. The van der Waals surface area contributed by atoms with Crippen LogP contribution >= 0.6 is 23.2 Å². The number of alkyl halides is 8. The fourth-order valence-corrected chi connectivity index (χ4v) is 4.45. The average Bonchev–Trinajstić information content (AvgIpc) is 3.44. The third-order valence-electron chi connectivity index (χ3n) is 6.06. The van der Waals surface area contributed by atoms with Gasteiger partial charge in [-0.15, -0.1) is 0 Å². The molecule has 2 aromatic rings. The van der Waals surface area contributed by atoms with E-state index in [-0.39, 0.29) is 24.5 Å². The summed E-state index contributed by atoms with van der Waals surface area (Å²) in [6.07, 6.45) is -11.7. The van der Waals surface area contributed by atoms with Crippen LogP contribution in [-0.4, -0.2) is 41.5 Å². The highest BCUT2D eigenvalue weighted by Crippen LogP contribution is 2.50. The van der Waals surface area contributed by atoms with Gasteiger partial charge in [0.2, 0.25) is 0 Å². The fourth-order valence-electron chi connectivity index (χ4n) is 3.96. The Morgan fingerprint density at radius 2 is 1.61 bits per heavy atom. The second-order valence-corrected chi connectivity index (χ2v) is 9.39. The highest BCUT2D eigenvalue weighted by molar-refractivity contribution is 6.35. The molecular weight excluding hydrogens is 580 g/mol. The van der Waals surface area contributed by atoms with Gasteiger partial charge >= 0.3 is 18.3 Å². The van der Waals surface area contributed by atoms with Crippen molar-refractivity contribution in [3.05, 3.63) is 68.4 Å². The van der Waals surface area contributed by atoms with Gasteiger partial charge in [-0.25, -0.2) is 4.39 Å². The van der Waals surface area contributed by atoms with Crippen LogP contribution in [0.15, 0.2) is 35.5 Å². The number of carbonyl (C=O) groups is 1. The van der Waals surface area contributed by atoms with Gasteiger partial charge in [-0.2, -0.15) is 35.1 Å². The minimum atomic E-state index is -5.85. The number of carbonyl (C=O) groups excluding carboxylic acids is 1. The number of nitrogens with one attached hydrogen (secondary N) is 1. The molecule has 1 atom stereocenters. The molecule has 4 rings (SSSR count). The Hall–Kier alpha value is -2.87. The molecule has 0 saturated carbocycles. The molecule has 1 amide bonds. The molecule has 16 heteroatoms. The smallest absolute Gasteiger partial charge is 0.372 e. The molecule has 38 heavy (non-hydrogen) atoms. The third-order valence-corrected chi connectivity index (χ3v) is 6.61. The predicted molar refractivity (Wildman–Crippen MR) is 116 cm³/mol. The summed E-state index contributed by atoms with van der Waals surface area (Å²) in [6, 6.07) is 5.27. The number of oxime groups is 1. The van der Waals surface area contributed by atoms with E-state index in [1.165, 1.54) is 28.4 Å². The monoisotopic (exact) mass is 593 g/mol. The molecule has 5 nitrogen and oxygen atoms in total. The van der Waals surface area contributed by atoms with Crippen LogP contribution < -0.4 is 5.32 Å². The number of rotatable bonds is 4. The summed E-state index contributed by atoms with van der Waals surface area (Å²) in [5, 5.41) is 3.81. The second-order valence-electron chi connectivity index (χ2n) is 8.58. The van der Waals surface area contributed by atoms with E-state index >= 15 is 0 Å². The first-order valence-electron chi connectivity index (χ1n) is 10.5. The normalized spacial score (nSPS) is 19.8. The van der Waals surface area contributed by atoms with Crippen LogP contribution in [0.5, 0.6) is 0 Å². The van der Waals surface area contributed by atoms with Crippen LogP contribution in [0.1, 0.15) is 33.5 Å². The first-order valence-corrected chi connectivity index (χ1v) is 11.3. The van der Waals surface area contributed by atoms with Gasteiger partial charge in [0.25, 0.3) is 11.5 Å². The lowest BCUT2D eigenvalue weighted by atomic mass is 9.89. The lowest BCUT2D eigenvalue weighted by Crippen LogP contribution is -2.46. The van der Waals surface area contributed by atoms with E-state index in [2.05, 4.69) is 5.16 Å². The zero-order chi connectivity index (χ0) is 28.3. The average molecular weight is 594 g/mol. The molecule has 2 aliphatic rings. The van der Waals surface area contributed by atoms with E-state index in [4.69, 9.17) is 28.0 Å². The lowest BCUT2D eigenvalue weighted by molar-refractivity contribution is -0.278. The summed E-state index contributed by atoms with van der Waals surface area (Å²) in [5.74, 6) is -7.59. The summed E-state index contributed by atoms with van der Waals surface area (Å²) >= 11 is 11.4. The SMILES string of the molecule is O=C(NCC(F)(F)C(F)(F)F)c1ccc2c(c1)CN(C1=NOC(c3cc(Cl)c(F)c(Cl)c3)(C(F)(F)F)C1)C2. The molecule has 0 aromatic heterocycles. The van der Waals surface area contributed by atoms with E-state index in [1.54, 1.807) is 0 Å². The predicted octanol–water partition coefficient (Wildman–Crippen LogP) is 6.57. The van der Waals surface area contributed by atoms with Crippen molar-refractivity contribution >= 4 is 34.9 Å². The number of benzene rings is 2. The summed E-state index contributed by atoms with van der Waals surface area (Å²) < 4.78 is 120. The Morgan fingerprint density at radius 3 is 2.18 bits per heavy atom. The van der Waals surface area contributed by atoms with Crippen LogP contribution in [0.3, 0.4) is 0 Å². The van der Waals surface area contributed by atoms with Crippen LogP contribution in [-0.2, 0) is 23.5 Å². The van der Waals surface area contributed by atoms with Crippen LogP contribution in [0.4, 0.5) is 39.5 Å². The van der Waals surface area contributed by atoms with Gasteiger partial charge in [0.15, 0.2) is 5.82 Å². The molecule has 2 aromatic carbocycles. The van der Waals surface area contributed by atoms with Gasteiger partial charge in [-0.1, -0.05) is 34.4 Å². The molecule has 0 radical (unpaired) electrons. The maximum Gasteiger partial charge on any atom is 0.455 e. The van der Waals surface area contributed by atoms with E-state index in [1.807, 2.05) is 0 Å². The number of amides is 1. The first-order chi connectivity index (χ1) is 17.4. The van der Waals surface area contributed by atoms with Crippen molar-refractivity contribution < 1.29 is 49.1 Å².